The van der Waals surface area contributed by atoms with Crippen LogP contribution in [0.5, 0.6) is 0 Å². The summed E-state index contributed by atoms with van der Waals surface area (Å²) in [6.07, 6.45) is -2.07. The predicted octanol–water partition coefficient (Wildman–Crippen LogP) is 0.231. The van der Waals surface area contributed by atoms with Crippen LogP contribution in [0.3, 0.4) is 0 Å². The van der Waals surface area contributed by atoms with E-state index in [2.05, 4.69) is 10.4 Å². The van der Waals surface area contributed by atoms with Crippen molar-refractivity contribution in [3.8, 4) is 0 Å². The molecule has 0 unspecified atom stereocenters. The van der Waals surface area contributed by atoms with E-state index in [1.165, 1.54) is 0 Å². The Labute approximate surface area is 102 Å². The molecule has 0 atom stereocenters. The Bertz CT molecular complexity index is 389. The number of carbonyl (C=O) groups excluding carboxylic acids is 1. The lowest BCUT2D eigenvalue weighted by Crippen LogP contribution is -2.38. The average Bonchev–Trinajstić information content (AvgIpc) is 2.62. The van der Waals surface area contributed by atoms with E-state index in [1.54, 1.807) is 17.9 Å². The van der Waals surface area contributed by atoms with Crippen molar-refractivity contribution in [2.45, 2.75) is 12.6 Å². The Kier molecular flexibility index (Phi) is 5.14. The lowest BCUT2D eigenvalue weighted by Gasteiger charge is -2.08. The van der Waals surface area contributed by atoms with Crippen LogP contribution in [0.2, 0.25) is 0 Å². The molecule has 2 N–H and O–H groups in total. The van der Waals surface area contributed by atoms with Gasteiger partial charge in [0.1, 0.15) is 0 Å². The quantitative estimate of drug-likeness (QED) is 0.773. The van der Waals surface area contributed by atoms with E-state index in [-0.39, 0.29) is 6.54 Å². The summed E-state index contributed by atoms with van der Waals surface area (Å²) < 4.78 is 37.0. The minimum absolute atomic E-state index is 0.342. The largest absolute Gasteiger partial charge is 0.401 e. The monoisotopic (exact) mass is 264 g/mol. The average molecular weight is 264 g/mol. The van der Waals surface area contributed by atoms with Gasteiger partial charge in [0.05, 0.1) is 13.1 Å². The minimum atomic E-state index is -4.30. The summed E-state index contributed by atoms with van der Waals surface area (Å²) >= 11 is 0. The third kappa shape index (κ3) is 5.67. The van der Waals surface area contributed by atoms with Crippen LogP contribution in [0.15, 0.2) is 12.3 Å². The van der Waals surface area contributed by atoms with Gasteiger partial charge in [0.2, 0.25) is 5.91 Å². The molecule has 0 spiro atoms. The second-order valence-corrected chi connectivity index (χ2v) is 3.76. The van der Waals surface area contributed by atoms with Crippen LogP contribution in [0, 0.1) is 0 Å². The number of alkyl halides is 3. The molecule has 5 nitrogen and oxygen atoms in total. The molecule has 0 fully saturated rings. The molecule has 0 saturated heterocycles. The summed E-state index contributed by atoms with van der Waals surface area (Å²) in [5, 5.41) is 8.51. The molecular formula is C10H15F3N4O. The first-order chi connectivity index (χ1) is 8.38. The van der Waals surface area contributed by atoms with Crippen molar-refractivity contribution in [1.29, 1.82) is 0 Å². The summed E-state index contributed by atoms with van der Waals surface area (Å²) in [5.74, 6) is -0.457. The van der Waals surface area contributed by atoms with E-state index in [1.807, 2.05) is 11.4 Å². The molecule has 0 aliphatic carbocycles. The molecule has 0 aromatic carbocycles. The zero-order chi connectivity index (χ0) is 13.6. The first-order valence-electron chi connectivity index (χ1n) is 5.39. The summed E-state index contributed by atoms with van der Waals surface area (Å²) in [7, 11) is 1.78. The molecule has 1 aromatic heterocycles. The van der Waals surface area contributed by atoms with Crippen molar-refractivity contribution < 1.29 is 18.0 Å². The molecule has 1 amide bonds. The molecule has 0 bridgehead atoms. The Morgan fingerprint density at radius 2 is 2.22 bits per heavy atom. The summed E-state index contributed by atoms with van der Waals surface area (Å²) in [6.45, 7) is -1.14. The zero-order valence-corrected chi connectivity index (χ0v) is 9.92. The fraction of sp³-hybridized carbons (Fsp3) is 0.600. The zero-order valence-electron chi connectivity index (χ0n) is 9.92. The van der Waals surface area contributed by atoms with Crippen molar-refractivity contribution in [3.63, 3.8) is 0 Å². The van der Waals surface area contributed by atoms with Crippen LogP contribution in [-0.4, -0.2) is 41.5 Å². The maximum Gasteiger partial charge on any atom is 0.401 e. The lowest BCUT2D eigenvalue weighted by molar-refractivity contribution is -0.128. The molecule has 1 heterocycles. The van der Waals surface area contributed by atoms with Crippen LogP contribution in [-0.2, 0) is 18.3 Å². The second-order valence-electron chi connectivity index (χ2n) is 3.76. The third-order valence-electron chi connectivity index (χ3n) is 2.24. The molecule has 0 radical (unpaired) electrons. The first kappa shape index (κ1) is 14.5. The van der Waals surface area contributed by atoms with E-state index in [0.717, 1.165) is 5.69 Å². The summed E-state index contributed by atoms with van der Waals surface area (Å²) in [4.78, 5) is 11.2. The van der Waals surface area contributed by atoms with Crippen molar-refractivity contribution in [2.24, 2.45) is 7.05 Å². The van der Waals surface area contributed by atoms with E-state index >= 15 is 0 Å². The number of carbonyl (C=O) groups is 1. The summed E-state index contributed by atoms with van der Waals surface area (Å²) in [5.41, 5.74) is 0.943. The van der Waals surface area contributed by atoms with Gasteiger partial charge in [-0.05, 0) is 6.07 Å². The van der Waals surface area contributed by atoms with E-state index < -0.39 is 18.6 Å². The van der Waals surface area contributed by atoms with E-state index in [0.29, 0.717) is 13.0 Å². The van der Waals surface area contributed by atoms with Gasteiger partial charge in [-0.25, -0.2) is 0 Å². The smallest absolute Gasteiger partial charge is 0.355 e. The highest BCUT2D eigenvalue weighted by atomic mass is 19.4. The van der Waals surface area contributed by atoms with Gasteiger partial charge in [-0.3, -0.25) is 9.48 Å². The van der Waals surface area contributed by atoms with Gasteiger partial charge in [-0.15, -0.1) is 0 Å². The predicted molar refractivity (Wildman–Crippen MR) is 58.8 cm³/mol. The highest BCUT2D eigenvalue weighted by Gasteiger charge is 2.26. The third-order valence-corrected chi connectivity index (χ3v) is 2.24. The molecule has 1 rings (SSSR count). The molecule has 18 heavy (non-hydrogen) atoms. The Hall–Kier alpha value is -1.57. The van der Waals surface area contributed by atoms with E-state index in [4.69, 9.17) is 0 Å². The van der Waals surface area contributed by atoms with Gasteiger partial charge in [0.25, 0.3) is 0 Å². The van der Waals surface area contributed by atoms with Gasteiger partial charge in [0.15, 0.2) is 0 Å². The van der Waals surface area contributed by atoms with Gasteiger partial charge in [0, 0.05) is 31.9 Å². The number of aryl methyl sites for hydroxylation is 1. The number of rotatable bonds is 6. The fourth-order valence-corrected chi connectivity index (χ4v) is 1.36. The van der Waals surface area contributed by atoms with Crippen LogP contribution in [0.1, 0.15) is 5.69 Å². The normalized spacial score (nSPS) is 11.6. The number of hydrogen-bond acceptors (Lipinski definition) is 3. The van der Waals surface area contributed by atoms with Gasteiger partial charge < -0.3 is 10.6 Å². The van der Waals surface area contributed by atoms with Crippen LogP contribution in [0.25, 0.3) is 0 Å². The number of amides is 1. The molecular weight excluding hydrogens is 249 g/mol. The van der Waals surface area contributed by atoms with Gasteiger partial charge >= 0.3 is 6.18 Å². The van der Waals surface area contributed by atoms with E-state index in [9.17, 15) is 18.0 Å². The van der Waals surface area contributed by atoms with Crippen molar-refractivity contribution >= 4 is 5.91 Å². The number of nitrogens with zero attached hydrogens (tertiary/aromatic N) is 2. The standard InChI is InChI=1S/C10H15F3N4O/c1-17-8(3-5-16-17)2-4-15-9(18)6-14-7-10(11,12)13/h3,5,14H,2,4,6-7H2,1H3,(H,15,18). The molecule has 102 valence electrons. The number of hydrogen-bond donors (Lipinski definition) is 2. The molecule has 0 aliphatic heterocycles. The minimum Gasteiger partial charge on any atom is -0.355 e. The molecule has 8 heteroatoms. The van der Waals surface area contributed by atoms with Crippen molar-refractivity contribution in [2.75, 3.05) is 19.6 Å². The van der Waals surface area contributed by atoms with Crippen molar-refractivity contribution in [3.05, 3.63) is 18.0 Å². The molecule has 0 aliphatic rings. The van der Waals surface area contributed by atoms with Crippen molar-refractivity contribution in [1.82, 2.24) is 20.4 Å². The number of halogens is 3. The Morgan fingerprint density at radius 1 is 1.50 bits per heavy atom. The maximum atomic E-state index is 11.8. The second kappa shape index (κ2) is 6.39. The van der Waals surface area contributed by atoms with Gasteiger partial charge in [-0.2, -0.15) is 18.3 Å². The Morgan fingerprint density at radius 3 is 2.78 bits per heavy atom. The van der Waals surface area contributed by atoms with Crippen LogP contribution < -0.4 is 10.6 Å². The Balaban J connectivity index is 2.12. The number of nitrogens with one attached hydrogen (secondary N) is 2. The fourth-order valence-electron chi connectivity index (χ4n) is 1.36. The highest BCUT2D eigenvalue weighted by Crippen LogP contribution is 2.11. The van der Waals surface area contributed by atoms with Crippen LogP contribution in [0.4, 0.5) is 13.2 Å². The molecule has 0 saturated carbocycles. The first-order valence-corrected chi connectivity index (χ1v) is 5.39. The highest BCUT2D eigenvalue weighted by molar-refractivity contribution is 5.77. The SMILES string of the molecule is Cn1nccc1CCNC(=O)CNCC(F)(F)F. The molecule has 1 aromatic rings. The lowest BCUT2D eigenvalue weighted by atomic mass is 10.3. The van der Waals surface area contributed by atoms with Crippen LogP contribution >= 0.6 is 0 Å². The topological polar surface area (TPSA) is 59.0 Å². The maximum absolute atomic E-state index is 11.8. The van der Waals surface area contributed by atoms with Gasteiger partial charge in [-0.1, -0.05) is 0 Å². The number of aromatic nitrogens is 2. The summed E-state index contributed by atoms with van der Waals surface area (Å²) in [6, 6.07) is 1.81.